The smallest absolute Gasteiger partial charge is 0.271 e. The first-order valence-electron chi connectivity index (χ1n) is 8.78. The molecule has 2 amide bonds. The molecule has 2 aromatic heterocycles. The predicted octanol–water partition coefficient (Wildman–Crippen LogP) is 4.67. The van der Waals surface area contributed by atoms with Crippen LogP contribution in [-0.2, 0) is 0 Å². The van der Waals surface area contributed by atoms with Crippen molar-refractivity contribution in [3.63, 3.8) is 0 Å². The van der Waals surface area contributed by atoms with Gasteiger partial charge in [-0.05, 0) is 30.3 Å². The third kappa shape index (κ3) is 3.87. The van der Waals surface area contributed by atoms with E-state index in [9.17, 15) is 9.59 Å². The van der Waals surface area contributed by atoms with Crippen molar-refractivity contribution in [3.05, 3.63) is 76.4 Å². The molecule has 0 aliphatic rings. The summed E-state index contributed by atoms with van der Waals surface area (Å²) in [6.07, 6.45) is 1.83. The number of halogens is 1. The second-order valence-electron chi connectivity index (χ2n) is 6.64. The lowest BCUT2D eigenvalue weighted by atomic mass is 10.1. The first-order chi connectivity index (χ1) is 13.9. The van der Waals surface area contributed by atoms with Crippen molar-refractivity contribution in [1.82, 2.24) is 14.3 Å². The Morgan fingerprint density at radius 1 is 1.14 bits per heavy atom. The minimum Gasteiger partial charge on any atom is -0.343 e. The summed E-state index contributed by atoms with van der Waals surface area (Å²) in [6, 6.07) is 14.2. The molecule has 4 rings (SSSR count). The Morgan fingerprint density at radius 2 is 1.93 bits per heavy atom. The number of anilines is 1. The van der Waals surface area contributed by atoms with Gasteiger partial charge < -0.3 is 10.2 Å². The number of nitrogens with zero attached hydrogens (tertiary/aromatic N) is 3. The van der Waals surface area contributed by atoms with E-state index < -0.39 is 0 Å². The van der Waals surface area contributed by atoms with E-state index in [-0.39, 0.29) is 11.8 Å². The Bertz CT molecular complexity index is 1230. The highest BCUT2D eigenvalue weighted by molar-refractivity contribution is 7.15. The average Bonchev–Trinajstić information content (AvgIpc) is 3.28. The normalized spacial score (nSPS) is 10.9. The van der Waals surface area contributed by atoms with E-state index in [1.165, 1.54) is 16.2 Å². The van der Waals surface area contributed by atoms with Crippen LogP contribution in [0.5, 0.6) is 0 Å². The van der Waals surface area contributed by atoms with Crippen molar-refractivity contribution in [2.24, 2.45) is 0 Å². The lowest BCUT2D eigenvalue weighted by Gasteiger charge is -2.08. The SMILES string of the molecule is CN(C)C(=O)c1csc2nc(-c3cccc(NC(=O)c4cccc(Cl)c4)c3)cn12. The van der Waals surface area contributed by atoms with Gasteiger partial charge in [-0.15, -0.1) is 11.3 Å². The molecule has 4 aromatic rings. The predicted molar refractivity (Wildman–Crippen MR) is 116 cm³/mol. The summed E-state index contributed by atoms with van der Waals surface area (Å²) in [6.45, 7) is 0. The molecule has 0 fully saturated rings. The monoisotopic (exact) mass is 424 g/mol. The van der Waals surface area contributed by atoms with Crippen molar-refractivity contribution in [1.29, 1.82) is 0 Å². The number of thiazole rings is 1. The van der Waals surface area contributed by atoms with Gasteiger partial charge in [0.1, 0.15) is 5.69 Å². The van der Waals surface area contributed by atoms with Crippen LogP contribution in [0.4, 0.5) is 5.69 Å². The summed E-state index contributed by atoms with van der Waals surface area (Å²) in [5.74, 6) is -0.322. The van der Waals surface area contributed by atoms with Crippen molar-refractivity contribution in [2.75, 3.05) is 19.4 Å². The summed E-state index contributed by atoms with van der Waals surface area (Å²) >= 11 is 7.37. The fourth-order valence-corrected chi connectivity index (χ4v) is 3.93. The number of nitrogens with one attached hydrogen (secondary N) is 1. The van der Waals surface area contributed by atoms with Crippen LogP contribution in [0.15, 0.2) is 60.1 Å². The Labute approximate surface area is 176 Å². The minimum atomic E-state index is -0.241. The third-order valence-electron chi connectivity index (χ3n) is 4.34. The van der Waals surface area contributed by atoms with Gasteiger partial charge in [-0.3, -0.25) is 14.0 Å². The van der Waals surface area contributed by atoms with E-state index in [0.717, 1.165) is 16.2 Å². The van der Waals surface area contributed by atoms with Gasteiger partial charge in [-0.25, -0.2) is 4.98 Å². The molecular weight excluding hydrogens is 408 g/mol. The average molecular weight is 425 g/mol. The molecule has 146 valence electrons. The second-order valence-corrected chi connectivity index (χ2v) is 7.92. The van der Waals surface area contributed by atoms with E-state index in [0.29, 0.717) is 22.0 Å². The van der Waals surface area contributed by atoms with E-state index in [1.807, 2.05) is 30.5 Å². The van der Waals surface area contributed by atoms with Gasteiger partial charge in [-0.2, -0.15) is 0 Å². The van der Waals surface area contributed by atoms with Crippen LogP contribution in [0, 0.1) is 0 Å². The Kier molecular flexibility index (Phi) is 5.08. The van der Waals surface area contributed by atoms with Gasteiger partial charge in [0.2, 0.25) is 0 Å². The molecule has 0 saturated carbocycles. The van der Waals surface area contributed by atoms with Crippen LogP contribution in [0.2, 0.25) is 5.02 Å². The maximum atomic E-state index is 12.5. The van der Waals surface area contributed by atoms with E-state index in [2.05, 4.69) is 10.3 Å². The van der Waals surface area contributed by atoms with Gasteiger partial charge in [0.15, 0.2) is 4.96 Å². The molecule has 0 saturated heterocycles. The molecule has 0 aliphatic carbocycles. The third-order valence-corrected chi connectivity index (χ3v) is 5.41. The summed E-state index contributed by atoms with van der Waals surface area (Å²) in [5, 5.41) is 5.19. The number of hydrogen-bond donors (Lipinski definition) is 1. The largest absolute Gasteiger partial charge is 0.343 e. The van der Waals surface area contributed by atoms with Crippen LogP contribution >= 0.6 is 22.9 Å². The number of benzene rings is 2. The number of carbonyl (C=O) groups is 2. The molecule has 29 heavy (non-hydrogen) atoms. The van der Waals surface area contributed by atoms with Crippen molar-refractivity contribution >= 4 is 45.4 Å². The molecule has 0 bridgehead atoms. The lowest BCUT2D eigenvalue weighted by Crippen LogP contribution is -2.22. The summed E-state index contributed by atoms with van der Waals surface area (Å²) < 4.78 is 1.79. The number of fused-ring (bicyclic) bond motifs is 1. The molecule has 8 heteroatoms. The molecule has 2 heterocycles. The fourth-order valence-electron chi connectivity index (χ4n) is 2.90. The highest BCUT2D eigenvalue weighted by atomic mass is 35.5. The molecule has 0 spiro atoms. The van der Waals surface area contributed by atoms with Gasteiger partial charge in [-0.1, -0.05) is 29.8 Å². The van der Waals surface area contributed by atoms with Gasteiger partial charge >= 0.3 is 0 Å². The van der Waals surface area contributed by atoms with Crippen molar-refractivity contribution in [2.45, 2.75) is 0 Å². The Morgan fingerprint density at radius 3 is 2.69 bits per heavy atom. The van der Waals surface area contributed by atoms with Gasteiger partial charge in [0, 0.05) is 47.5 Å². The summed E-state index contributed by atoms with van der Waals surface area (Å²) in [5.41, 5.74) is 3.27. The second kappa shape index (κ2) is 7.69. The van der Waals surface area contributed by atoms with Crippen molar-refractivity contribution in [3.8, 4) is 11.3 Å². The quantitative estimate of drug-likeness (QED) is 0.517. The molecule has 0 aliphatic heterocycles. The molecule has 0 radical (unpaired) electrons. The van der Waals surface area contributed by atoms with Crippen LogP contribution in [-0.4, -0.2) is 40.2 Å². The molecule has 6 nitrogen and oxygen atoms in total. The minimum absolute atomic E-state index is 0.0808. The maximum Gasteiger partial charge on any atom is 0.271 e. The fraction of sp³-hybridized carbons (Fsp3) is 0.0952. The highest BCUT2D eigenvalue weighted by Crippen LogP contribution is 2.26. The van der Waals surface area contributed by atoms with Gasteiger partial charge in [0.25, 0.3) is 11.8 Å². The van der Waals surface area contributed by atoms with E-state index in [4.69, 9.17) is 11.6 Å². The zero-order valence-electron chi connectivity index (χ0n) is 15.7. The van der Waals surface area contributed by atoms with Crippen molar-refractivity contribution < 1.29 is 9.59 Å². The number of imidazole rings is 1. The Hall–Kier alpha value is -3.16. The molecular formula is C21H17ClN4O2S. The number of amides is 2. The molecule has 1 N–H and O–H groups in total. The maximum absolute atomic E-state index is 12.5. The van der Waals surface area contributed by atoms with Gasteiger partial charge in [0.05, 0.1) is 5.69 Å². The summed E-state index contributed by atoms with van der Waals surface area (Å²) in [7, 11) is 3.44. The van der Waals surface area contributed by atoms with Crippen LogP contribution in [0.3, 0.4) is 0 Å². The van der Waals surface area contributed by atoms with Crippen LogP contribution < -0.4 is 5.32 Å². The first kappa shape index (κ1) is 19.2. The van der Waals surface area contributed by atoms with Crippen LogP contribution in [0.25, 0.3) is 16.2 Å². The van der Waals surface area contributed by atoms with Crippen LogP contribution in [0.1, 0.15) is 20.8 Å². The lowest BCUT2D eigenvalue weighted by molar-refractivity contribution is 0.0821. The van der Waals surface area contributed by atoms with E-state index in [1.54, 1.807) is 48.1 Å². The number of aromatic nitrogens is 2. The first-order valence-corrected chi connectivity index (χ1v) is 10.0. The van der Waals surface area contributed by atoms with E-state index >= 15 is 0 Å². The number of rotatable bonds is 4. The molecule has 2 aromatic carbocycles. The zero-order valence-corrected chi connectivity index (χ0v) is 17.3. The number of hydrogen-bond acceptors (Lipinski definition) is 4. The molecule has 0 atom stereocenters. The highest BCUT2D eigenvalue weighted by Gasteiger charge is 2.17. The topological polar surface area (TPSA) is 66.7 Å². The zero-order chi connectivity index (χ0) is 20.5. The Balaban J connectivity index is 1.62. The standard InChI is InChI=1S/C21H17ClN4O2S/c1-25(2)20(28)18-12-29-21-24-17(11-26(18)21)13-5-4-8-16(10-13)23-19(27)14-6-3-7-15(22)9-14/h3-12H,1-2H3,(H,23,27). The number of carbonyl (C=O) groups excluding carboxylic acids is 2. The molecule has 0 unspecified atom stereocenters. The summed E-state index contributed by atoms with van der Waals surface area (Å²) in [4.78, 5) is 31.7.